The van der Waals surface area contributed by atoms with Crippen molar-refractivity contribution in [2.75, 3.05) is 0 Å². The van der Waals surface area contributed by atoms with Crippen molar-refractivity contribution in [2.45, 2.75) is 26.3 Å². The zero-order valence-electron chi connectivity index (χ0n) is 11.1. The molecule has 0 aliphatic heterocycles. The molecule has 0 fully saturated rings. The van der Waals surface area contributed by atoms with Crippen LogP contribution in [0.15, 0.2) is 36.4 Å². The van der Waals surface area contributed by atoms with Gasteiger partial charge in [-0.15, -0.1) is 0 Å². The van der Waals surface area contributed by atoms with Crippen LogP contribution in [0.3, 0.4) is 0 Å². The van der Waals surface area contributed by atoms with E-state index in [2.05, 4.69) is 0 Å². The fourth-order valence-corrected chi connectivity index (χ4v) is 2.43. The number of halogens is 2. The standard InChI is InChI=1S/C16H17ClFN/c1-10-6-7-13(18)8-12(10)9-15(19)14-5-3-4-11(2)16(14)17/h3-8,15H,9,19H2,1-2H3. The van der Waals surface area contributed by atoms with Gasteiger partial charge in [-0.3, -0.25) is 0 Å². The Hall–Kier alpha value is -1.38. The molecule has 0 saturated heterocycles. The van der Waals surface area contributed by atoms with E-state index in [9.17, 15) is 4.39 Å². The van der Waals surface area contributed by atoms with Crippen LogP contribution >= 0.6 is 11.6 Å². The molecule has 19 heavy (non-hydrogen) atoms. The van der Waals surface area contributed by atoms with E-state index in [-0.39, 0.29) is 11.9 Å². The first-order chi connectivity index (χ1) is 8.99. The first-order valence-electron chi connectivity index (χ1n) is 6.24. The van der Waals surface area contributed by atoms with Gasteiger partial charge in [0.25, 0.3) is 0 Å². The third kappa shape index (κ3) is 3.14. The zero-order valence-corrected chi connectivity index (χ0v) is 11.8. The SMILES string of the molecule is Cc1ccc(F)cc1CC(N)c1cccc(C)c1Cl. The van der Waals surface area contributed by atoms with Gasteiger partial charge in [-0.2, -0.15) is 0 Å². The number of nitrogens with two attached hydrogens (primary N) is 1. The lowest BCUT2D eigenvalue weighted by Gasteiger charge is -2.16. The predicted octanol–water partition coefficient (Wildman–Crippen LogP) is 4.34. The molecule has 0 aliphatic rings. The highest BCUT2D eigenvalue weighted by Crippen LogP contribution is 2.27. The van der Waals surface area contributed by atoms with Crippen molar-refractivity contribution in [3.63, 3.8) is 0 Å². The first-order valence-corrected chi connectivity index (χ1v) is 6.62. The fraction of sp³-hybridized carbons (Fsp3) is 0.250. The molecule has 0 spiro atoms. The van der Waals surface area contributed by atoms with Crippen LogP contribution in [0.25, 0.3) is 0 Å². The molecule has 1 atom stereocenters. The Labute approximate surface area is 118 Å². The van der Waals surface area contributed by atoms with Crippen molar-refractivity contribution < 1.29 is 4.39 Å². The maximum Gasteiger partial charge on any atom is 0.123 e. The van der Waals surface area contributed by atoms with Gasteiger partial charge >= 0.3 is 0 Å². The topological polar surface area (TPSA) is 26.0 Å². The highest BCUT2D eigenvalue weighted by molar-refractivity contribution is 6.32. The van der Waals surface area contributed by atoms with Crippen molar-refractivity contribution >= 4 is 11.6 Å². The van der Waals surface area contributed by atoms with Crippen LogP contribution in [0.4, 0.5) is 4.39 Å². The Kier molecular flexibility index (Phi) is 4.23. The second kappa shape index (κ2) is 5.72. The lowest BCUT2D eigenvalue weighted by atomic mass is 9.96. The minimum absolute atomic E-state index is 0.229. The molecule has 0 saturated carbocycles. The molecule has 2 aromatic carbocycles. The van der Waals surface area contributed by atoms with Gasteiger partial charge in [0.1, 0.15) is 5.82 Å². The summed E-state index contributed by atoms with van der Waals surface area (Å²) in [6.45, 7) is 3.91. The van der Waals surface area contributed by atoms with Crippen molar-refractivity contribution in [2.24, 2.45) is 5.73 Å². The van der Waals surface area contributed by atoms with Crippen LogP contribution in [0.2, 0.25) is 5.02 Å². The van der Waals surface area contributed by atoms with E-state index in [0.717, 1.165) is 22.3 Å². The summed E-state index contributed by atoms with van der Waals surface area (Å²) in [5, 5.41) is 0.698. The zero-order chi connectivity index (χ0) is 14.0. The number of hydrogen-bond donors (Lipinski definition) is 1. The van der Waals surface area contributed by atoms with Crippen LogP contribution in [0.1, 0.15) is 28.3 Å². The highest BCUT2D eigenvalue weighted by Gasteiger charge is 2.13. The predicted molar refractivity (Wildman–Crippen MR) is 78.0 cm³/mol. The second-order valence-electron chi connectivity index (χ2n) is 4.86. The average Bonchev–Trinajstić information content (AvgIpc) is 2.37. The van der Waals surface area contributed by atoms with Gasteiger partial charge < -0.3 is 5.73 Å². The van der Waals surface area contributed by atoms with Crippen LogP contribution in [-0.2, 0) is 6.42 Å². The summed E-state index contributed by atoms with van der Waals surface area (Å²) >= 11 is 6.27. The monoisotopic (exact) mass is 277 g/mol. The van der Waals surface area contributed by atoms with Gasteiger partial charge in [-0.25, -0.2) is 4.39 Å². The van der Waals surface area contributed by atoms with Crippen molar-refractivity contribution in [3.8, 4) is 0 Å². The molecule has 0 radical (unpaired) electrons. The molecular weight excluding hydrogens is 261 g/mol. The number of aryl methyl sites for hydroxylation is 2. The fourth-order valence-electron chi connectivity index (χ4n) is 2.16. The lowest BCUT2D eigenvalue weighted by molar-refractivity contribution is 0.621. The molecule has 0 heterocycles. The average molecular weight is 278 g/mol. The molecule has 2 aromatic rings. The Morgan fingerprint density at radius 1 is 1.16 bits per heavy atom. The van der Waals surface area contributed by atoms with Gasteiger partial charge in [-0.1, -0.05) is 35.9 Å². The number of benzene rings is 2. The normalized spacial score (nSPS) is 12.5. The summed E-state index contributed by atoms with van der Waals surface area (Å²) in [6.07, 6.45) is 0.576. The summed E-state index contributed by atoms with van der Waals surface area (Å²) in [7, 11) is 0. The molecule has 0 aromatic heterocycles. The van der Waals surface area contributed by atoms with Crippen LogP contribution < -0.4 is 5.73 Å². The van der Waals surface area contributed by atoms with Crippen molar-refractivity contribution in [1.82, 2.24) is 0 Å². The maximum atomic E-state index is 13.3. The third-order valence-corrected chi connectivity index (χ3v) is 3.89. The molecule has 0 aliphatic carbocycles. The minimum atomic E-state index is -0.233. The lowest BCUT2D eigenvalue weighted by Crippen LogP contribution is -2.15. The molecule has 0 amide bonds. The van der Waals surface area contributed by atoms with E-state index in [1.165, 1.54) is 6.07 Å². The van der Waals surface area contributed by atoms with E-state index in [1.54, 1.807) is 12.1 Å². The summed E-state index contributed by atoms with van der Waals surface area (Å²) in [6, 6.07) is 10.4. The van der Waals surface area contributed by atoms with E-state index in [4.69, 9.17) is 17.3 Å². The summed E-state index contributed by atoms with van der Waals surface area (Å²) < 4.78 is 13.3. The van der Waals surface area contributed by atoms with Gasteiger partial charge in [0.15, 0.2) is 0 Å². The molecule has 3 heteroatoms. The largest absolute Gasteiger partial charge is 0.324 e. The van der Waals surface area contributed by atoms with Crippen molar-refractivity contribution in [1.29, 1.82) is 0 Å². The second-order valence-corrected chi connectivity index (χ2v) is 5.24. The molecule has 2 N–H and O–H groups in total. The molecule has 0 bridgehead atoms. The molecule has 100 valence electrons. The van der Waals surface area contributed by atoms with Gasteiger partial charge in [0, 0.05) is 11.1 Å². The summed E-state index contributed by atoms with van der Waals surface area (Å²) in [5.74, 6) is -0.233. The Morgan fingerprint density at radius 2 is 1.89 bits per heavy atom. The number of hydrogen-bond acceptors (Lipinski definition) is 1. The molecule has 1 unspecified atom stereocenters. The molecule has 2 rings (SSSR count). The number of rotatable bonds is 3. The summed E-state index contributed by atoms with van der Waals surface area (Å²) in [4.78, 5) is 0. The maximum absolute atomic E-state index is 13.3. The van der Waals surface area contributed by atoms with Crippen LogP contribution in [0.5, 0.6) is 0 Å². The van der Waals surface area contributed by atoms with E-state index in [0.29, 0.717) is 11.4 Å². The van der Waals surface area contributed by atoms with Gasteiger partial charge in [0.05, 0.1) is 0 Å². The van der Waals surface area contributed by atoms with Crippen molar-refractivity contribution in [3.05, 3.63) is 69.5 Å². The molecular formula is C16H17ClFN. The quantitative estimate of drug-likeness (QED) is 0.887. The van der Waals surface area contributed by atoms with E-state index < -0.39 is 0 Å². The Bertz CT molecular complexity index is 595. The van der Waals surface area contributed by atoms with Crippen LogP contribution in [-0.4, -0.2) is 0 Å². The van der Waals surface area contributed by atoms with Gasteiger partial charge in [-0.05, 0) is 54.7 Å². The van der Waals surface area contributed by atoms with Gasteiger partial charge in [0.2, 0.25) is 0 Å². The van der Waals surface area contributed by atoms with E-state index >= 15 is 0 Å². The third-order valence-electron chi connectivity index (χ3n) is 3.37. The first kappa shape index (κ1) is 14.0. The smallest absolute Gasteiger partial charge is 0.123 e. The Balaban J connectivity index is 2.28. The highest BCUT2D eigenvalue weighted by atomic mass is 35.5. The Morgan fingerprint density at radius 3 is 2.63 bits per heavy atom. The van der Waals surface area contributed by atoms with Crippen LogP contribution in [0, 0.1) is 19.7 Å². The molecule has 1 nitrogen and oxygen atoms in total. The van der Waals surface area contributed by atoms with E-state index in [1.807, 2.05) is 32.0 Å². The minimum Gasteiger partial charge on any atom is -0.324 e. The summed E-state index contributed by atoms with van der Waals surface area (Å²) in [5.41, 5.74) is 10.1.